The molecule has 24 heavy (non-hydrogen) atoms. The van der Waals surface area contributed by atoms with E-state index in [2.05, 4.69) is 0 Å². The molecule has 1 atom stereocenters. The fraction of sp³-hybridized carbons (Fsp3) is 0.500. The number of benzene rings is 1. The van der Waals surface area contributed by atoms with Crippen LogP contribution in [-0.4, -0.2) is 39.2 Å². The lowest BCUT2D eigenvalue weighted by atomic mass is 10.2. The molecular formula is C16H20N2O5S. The Morgan fingerprint density at radius 1 is 1.29 bits per heavy atom. The van der Waals surface area contributed by atoms with Crippen LogP contribution in [0.5, 0.6) is 0 Å². The van der Waals surface area contributed by atoms with Crippen molar-refractivity contribution in [1.29, 1.82) is 0 Å². The normalized spacial score (nSPS) is 17.6. The Labute approximate surface area is 144 Å². The van der Waals surface area contributed by atoms with Crippen LogP contribution in [0.15, 0.2) is 29.2 Å². The number of amides is 1. The molecule has 1 aliphatic heterocycles. The van der Waals surface area contributed by atoms with Crippen LogP contribution in [0.2, 0.25) is 0 Å². The van der Waals surface area contributed by atoms with Crippen LogP contribution in [0.25, 0.3) is 0 Å². The molecule has 1 heterocycles. The van der Waals surface area contributed by atoms with Crippen LogP contribution in [0.3, 0.4) is 0 Å². The summed E-state index contributed by atoms with van der Waals surface area (Å²) < 4.78 is 5.34. The van der Waals surface area contributed by atoms with Gasteiger partial charge in [-0.3, -0.25) is 19.8 Å². The van der Waals surface area contributed by atoms with E-state index in [1.54, 1.807) is 20.8 Å². The highest BCUT2D eigenvalue weighted by atomic mass is 32.2. The van der Waals surface area contributed by atoms with Gasteiger partial charge in [0.2, 0.25) is 5.12 Å². The predicted octanol–water partition coefficient (Wildman–Crippen LogP) is 3.61. The van der Waals surface area contributed by atoms with Crippen molar-refractivity contribution >= 4 is 28.7 Å². The van der Waals surface area contributed by atoms with Crippen molar-refractivity contribution in [2.24, 2.45) is 0 Å². The predicted molar refractivity (Wildman–Crippen MR) is 89.9 cm³/mol. The van der Waals surface area contributed by atoms with Gasteiger partial charge >= 0.3 is 6.09 Å². The number of nitrogens with zero attached hydrogens (tertiary/aromatic N) is 2. The fourth-order valence-electron chi connectivity index (χ4n) is 2.37. The summed E-state index contributed by atoms with van der Waals surface area (Å²) in [6.07, 6.45) is 0.858. The molecule has 2 rings (SSSR count). The topological polar surface area (TPSA) is 89.8 Å². The Morgan fingerprint density at radius 2 is 1.92 bits per heavy atom. The fourth-order valence-corrected chi connectivity index (χ4v) is 3.26. The largest absolute Gasteiger partial charge is 0.444 e. The Bertz CT molecular complexity index is 639. The first-order valence-corrected chi connectivity index (χ1v) is 8.45. The highest BCUT2D eigenvalue weighted by Crippen LogP contribution is 2.29. The summed E-state index contributed by atoms with van der Waals surface area (Å²) in [5.41, 5.74) is -0.637. The van der Waals surface area contributed by atoms with Gasteiger partial charge in [0.25, 0.3) is 5.69 Å². The van der Waals surface area contributed by atoms with Gasteiger partial charge in [-0.2, -0.15) is 0 Å². The third-order valence-electron chi connectivity index (χ3n) is 3.42. The van der Waals surface area contributed by atoms with Crippen molar-refractivity contribution in [2.75, 3.05) is 6.54 Å². The van der Waals surface area contributed by atoms with Gasteiger partial charge in [0.1, 0.15) is 11.6 Å². The monoisotopic (exact) mass is 352 g/mol. The maximum absolute atomic E-state index is 12.5. The first kappa shape index (κ1) is 18.3. The van der Waals surface area contributed by atoms with E-state index in [1.165, 1.54) is 29.2 Å². The maximum atomic E-state index is 12.5. The van der Waals surface area contributed by atoms with Gasteiger partial charge in [0, 0.05) is 23.6 Å². The van der Waals surface area contributed by atoms with Crippen molar-refractivity contribution < 1.29 is 19.2 Å². The second kappa shape index (κ2) is 7.21. The SMILES string of the molecule is CC(C)(C)OC(=O)N1CCC[C@H]1C(=O)Sc1ccc([N+](=O)[O-])cc1. The van der Waals surface area contributed by atoms with Gasteiger partial charge in [0.05, 0.1) is 4.92 Å². The van der Waals surface area contributed by atoms with Crippen LogP contribution in [0, 0.1) is 10.1 Å². The standard InChI is InChI=1S/C16H20N2O5S/c1-16(2,3)23-15(20)17-10-4-5-13(17)14(19)24-12-8-6-11(7-9-12)18(21)22/h6-9,13H,4-5,10H2,1-3H3/t13-/m0/s1. The van der Waals surface area contributed by atoms with Crippen molar-refractivity contribution in [1.82, 2.24) is 4.90 Å². The zero-order valence-corrected chi connectivity index (χ0v) is 14.7. The Morgan fingerprint density at radius 3 is 2.46 bits per heavy atom. The van der Waals surface area contributed by atoms with Crippen LogP contribution in [-0.2, 0) is 9.53 Å². The summed E-state index contributed by atoms with van der Waals surface area (Å²) >= 11 is 0.989. The number of non-ortho nitro benzene ring substituents is 1. The summed E-state index contributed by atoms with van der Waals surface area (Å²) in [6.45, 7) is 5.84. The summed E-state index contributed by atoms with van der Waals surface area (Å²) in [7, 11) is 0. The first-order valence-electron chi connectivity index (χ1n) is 7.63. The molecular weight excluding hydrogens is 332 g/mol. The molecule has 7 nitrogen and oxygen atoms in total. The maximum Gasteiger partial charge on any atom is 0.410 e. The quantitative estimate of drug-likeness (QED) is 0.469. The molecule has 0 radical (unpaired) electrons. The number of nitro benzene ring substituents is 1. The number of rotatable bonds is 3. The molecule has 0 unspecified atom stereocenters. The van der Waals surface area contributed by atoms with Crippen molar-refractivity contribution in [3.8, 4) is 0 Å². The molecule has 1 aromatic carbocycles. The number of hydrogen-bond donors (Lipinski definition) is 0. The van der Waals surface area contributed by atoms with E-state index in [9.17, 15) is 19.7 Å². The van der Waals surface area contributed by atoms with Crippen molar-refractivity contribution in [2.45, 2.75) is 50.2 Å². The minimum absolute atomic E-state index is 0.0250. The van der Waals surface area contributed by atoms with E-state index in [0.717, 1.165) is 18.2 Å². The molecule has 1 aliphatic rings. The van der Waals surface area contributed by atoms with E-state index < -0.39 is 22.7 Å². The number of carbonyl (C=O) groups excluding carboxylic acids is 2. The zero-order chi connectivity index (χ0) is 17.9. The number of likely N-dealkylation sites (tertiary alicyclic amines) is 1. The van der Waals surface area contributed by atoms with Gasteiger partial charge in [-0.25, -0.2) is 4.79 Å². The molecule has 1 saturated heterocycles. The number of nitro groups is 1. The summed E-state index contributed by atoms with van der Waals surface area (Å²) in [5.74, 6) is 0. The number of ether oxygens (including phenoxy) is 1. The van der Waals surface area contributed by atoms with Gasteiger partial charge in [-0.1, -0.05) is 0 Å². The molecule has 8 heteroatoms. The van der Waals surface area contributed by atoms with Crippen LogP contribution < -0.4 is 0 Å². The Hall–Kier alpha value is -2.09. The smallest absolute Gasteiger partial charge is 0.410 e. The lowest BCUT2D eigenvalue weighted by Crippen LogP contribution is -2.42. The lowest BCUT2D eigenvalue weighted by Gasteiger charge is -2.27. The molecule has 1 aromatic rings. The highest BCUT2D eigenvalue weighted by molar-refractivity contribution is 8.13. The molecule has 0 spiro atoms. The summed E-state index contributed by atoms with van der Waals surface area (Å²) in [4.78, 5) is 36.9. The second-order valence-electron chi connectivity index (χ2n) is 6.50. The van der Waals surface area contributed by atoms with Gasteiger partial charge < -0.3 is 4.74 Å². The highest BCUT2D eigenvalue weighted by Gasteiger charge is 2.36. The second-order valence-corrected chi connectivity index (χ2v) is 7.58. The summed E-state index contributed by atoms with van der Waals surface area (Å²) in [6, 6.07) is 5.26. The Kier molecular flexibility index (Phi) is 5.48. The van der Waals surface area contributed by atoms with E-state index in [0.29, 0.717) is 17.9 Å². The minimum atomic E-state index is -0.612. The van der Waals surface area contributed by atoms with Gasteiger partial charge in [-0.15, -0.1) is 0 Å². The lowest BCUT2D eigenvalue weighted by molar-refractivity contribution is -0.384. The van der Waals surface area contributed by atoms with E-state index in [4.69, 9.17) is 4.74 Å². The number of carbonyl (C=O) groups is 2. The molecule has 0 bridgehead atoms. The summed E-state index contributed by atoms with van der Waals surface area (Å²) in [5, 5.41) is 10.5. The average molecular weight is 352 g/mol. The molecule has 0 N–H and O–H groups in total. The average Bonchev–Trinajstić information content (AvgIpc) is 2.95. The molecule has 130 valence electrons. The number of thioether (sulfide) groups is 1. The van der Waals surface area contributed by atoms with Crippen LogP contribution in [0.4, 0.5) is 10.5 Å². The molecule has 0 saturated carbocycles. The number of hydrogen-bond acceptors (Lipinski definition) is 6. The van der Waals surface area contributed by atoms with Crippen LogP contribution in [0.1, 0.15) is 33.6 Å². The van der Waals surface area contributed by atoms with Gasteiger partial charge in [-0.05, 0) is 57.5 Å². The molecule has 0 aromatic heterocycles. The van der Waals surface area contributed by atoms with Crippen molar-refractivity contribution in [3.05, 3.63) is 34.4 Å². The minimum Gasteiger partial charge on any atom is -0.444 e. The van der Waals surface area contributed by atoms with Gasteiger partial charge in [0.15, 0.2) is 0 Å². The molecule has 1 amide bonds. The van der Waals surface area contributed by atoms with Crippen molar-refractivity contribution in [3.63, 3.8) is 0 Å². The third-order valence-corrected chi connectivity index (χ3v) is 4.40. The third kappa shape index (κ3) is 4.70. The molecule has 0 aliphatic carbocycles. The van der Waals surface area contributed by atoms with E-state index in [1.807, 2.05) is 0 Å². The van der Waals surface area contributed by atoms with E-state index >= 15 is 0 Å². The van der Waals surface area contributed by atoms with Crippen LogP contribution >= 0.6 is 11.8 Å². The molecule has 1 fully saturated rings. The first-order chi connectivity index (χ1) is 11.2. The zero-order valence-electron chi connectivity index (χ0n) is 13.9. The Balaban J connectivity index is 2.02. The van der Waals surface area contributed by atoms with E-state index in [-0.39, 0.29) is 10.8 Å².